The monoisotopic (exact) mass is 448 g/mol. The summed E-state index contributed by atoms with van der Waals surface area (Å²) < 4.78 is 13.0. The fourth-order valence-corrected chi connectivity index (χ4v) is 5.01. The van der Waals surface area contributed by atoms with Crippen LogP contribution < -0.4 is 0 Å². The van der Waals surface area contributed by atoms with Crippen molar-refractivity contribution in [3.63, 3.8) is 0 Å². The van der Waals surface area contributed by atoms with Gasteiger partial charge in [-0.05, 0) is 88.4 Å². The van der Waals surface area contributed by atoms with E-state index in [2.05, 4.69) is 49.6 Å². The molecule has 174 valence electrons. The first-order valence-electron chi connectivity index (χ1n) is 11.4. The lowest BCUT2D eigenvalue weighted by atomic mass is 10.0. The second-order valence-electron chi connectivity index (χ2n) is 9.07. The zero-order valence-corrected chi connectivity index (χ0v) is 20.3. The summed E-state index contributed by atoms with van der Waals surface area (Å²) in [5.41, 5.74) is 7.78. The number of hydrogen-bond acceptors (Lipinski definition) is 4. The number of hydrogen-bond donors (Lipinski definition) is 0. The third-order valence-electron chi connectivity index (χ3n) is 6.55. The molecular weight excluding hydrogens is 416 g/mol. The predicted molar refractivity (Wildman–Crippen MR) is 128 cm³/mol. The lowest BCUT2D eigenvalue weighted by Crippen LogP contribution is -2.33. The van der Waals surface area contributed by atoms with Crippen LogP contribution in [0.3, 0.4) is 0 Å². The number of benzene rings is 1. The highest BCUT2D eigenvalue weighted by atomic mass is 16.5. The van der Waals surface area contributed by atoms with E-state index in [1.807, 2.05) is 13.0 Å². The van der Waals surface area contributed by atoms with E-state index in [9.17, 15) is 9.59 Å². The van der Waals surface area contributed by atoms with Crippen LogP contribution in [0.1, 0.15) is 47.8 Å². The molecule has 0 aliphatic carbocycles. The molecule has 3 heterocycles. The molecule has 1 fully saturated rings. The summed E-state index contributed by atoms with van der Waals surface area (Å²) in [7, 11) is 1.35. The van der Waals surface area contributed by atoms with Crippen molar-refractivity contribution in [3.05, 3.63) is 69.2 Å². The third-order valence-corrected chi connectivity index (χ3v) is 6.55. The Bertz CT molecular complexity index is 1160. The highest BCUT2D eigenvalue weighted by Gasteiger charge is 2.38. The van der Waals surface area contributed by atoms with Crippen LogP contribution in [-0.4, -0.2) is 47.7 Å². The van der Waals surface area contributed by atoms with Gasteiger partial charge >= 0.3 is 5.97 Å². The minimum Gasteiger partial charge on any atom is -0.465 e. The van der Waals surface area contributed by atoms with Gasteiger partial charge in [0.05, 0.1) is 30.9 Å². The number of aryl methyl sites for hydroxylation is 3. The molecule has 1 aromatic heterocycles. The van der Waals surface area contributed by atoms with Gasteiger partial charge in [0.25, 0.3) is 5.91 Å². The van der Waals surface area contributed by atoms with Crippen LogP contribution in [0.4, 0.5) is 0 Å². The molecule has 2 aromatic rings. The number of nitrogens with zero attached hydrogens (tertiary/aromatic N) is 2. The van der Waals surface area contributed by atoms with Crippen molar-refractivity contribution in [3.8, 4) is 5.69 Å². The SMILES string of the molecule is COC(=O)C1=C(C)N(CC2CCCO2)C(=O)/C1=C\c1cc(C)n(-c2cc(C)cc(C)c2)c1C. The van der Waals surface area contributed by atoms with Gasteiger partial charge < -0.3 is 18.9 Å². The third kappa shape index (κ3) is 4.27. The Morgan fingerprint density at radius 1 is 1.12 bits per heavy atom. The van der Waals surface area contributed by atoms with Crippen LogP contribution in [0.5, 0.6) is 0 Å². The Kier molecular flexibility index (Phi) is 6.30. The van der Waals surface area contributed by atoms with E-state index in [1.165, 1.54) is 18.2 Å². The number of carbonyl (C=O) groups is 2. The molecule has 0 bridgehead atoms. The smallest absolute Gasteiger partial charge is 0.340 e. The number of amides is 1. The maximum absolute atomic E-state index is 13.4. The van der Waals surface area contributed by atoms with Crippen molar-refractivity contribution >= 4 is 18.0 Å². The number of carbonyl (C=O) groups excluding carboxylic acids is 2. The molecule has 0 spiro atoms. The standard InChI is InChI=1S/C27H32N2O4/c1-16-10-17(2)12-22(11-16)29-18(3)13-21(19(29)4)14-24-25(27(31)32-6)20(5)28(26(24)30)15-23-8-7-9-33-23/h10-14,23H,7-9,15H2,1-6H3/b24-14-. The summed E-state index contributed by atoms with van der Waals surface area (Å²) >= 11 is 0. The fourth-order valence-electron chi connectivity index (χ4n) is 5.01. The number of methoxy groups -OCH3 is 1. The van der Waals surface area contributed by atoms with Crippen molar-refractivity contribution in [2.24, 2.45) is 0 Å². The zero-order valence-electron chi connectivity index (χ0n) is 20.3. The minimum absolute atomic E-state index is 0.00299. The molecule has 1 amide bonds. The Balaban J connectivity index is 1.77. The molecule has 2 aliphatic heterocycles. The fraction of sp³-hybridized carbons (Fsp3) is 0.407. The molecule has 6 heteroatoms. The number of rotatable bonds is 5. The summed E-state index contributed by atoms with van der Waals surface area (Å²) in [6.07, 6.45) is 3.74. The van der Waals surface area contributed by atoms with Crippen LogP contribution in [0, 0.1) is 27.7 Å². The quantitative estimate of drug-likeness (QED) is 0.497. The topological polar surface area (TPSA) is 60.8 Å². The Hall–Kier alpha value is -3.12. The first kappa shape index (κ1) is 23.1. The summed E-state index contributed by atoms with van der Waals surface area (Å²) in [5, 5.41) is 0. The van der Waals surface area contributed by atoms with Crippen molar-refractivity contribution in [2.75, 3.05) is 20.3 Å². The van der Waals surface area contributed by atoms with Gasteiger partial charge in [0.15, 0.2) is 0 Å². The highest BCUT2D eigenvalue weighted by molar-refractivity contribution is 6.16. The first-order valence-corrected chi connectivity index (χ1v) is 11.4. The lowest BCUT2D eigenvalue weighted by molar-refractivity contribution is -0.136. The molecule has 1 saturated heterocycles. The van der Waals surface area contributed by atoms with E-state index in [0.717, 1.165) is 35.5 Å². The zero-order chi connectivity index (χ0) is 23.9. The van der Waals surface area contributed by atoms with Crippen LogP contribution in [0.2, 0.25) is 0 Å². The molecule has 1 unspecified atom stereocenters. The van der Waals surface area contributed by atoms with E-state index >= 15 is 0 Å². The van der Waals surface area contributed by atoms with Crippen molar-refractivity contribution in [1.29, 1.82) is 0 Å². The first-order chi connectivity index (χ1) is 15.7. The summed E-state index contributed by atoms with van der Waals surface area (Å²) in [5.74, 6) is -0.676. The van der Waals surface area contributed by atoms with Gasteiger partial charge in [0.2, 0.25) is 0 Å². The molecule has 4 rings (SSSR count). The van der Waals surface area contributed by atoms with Crippen LogP contribution in [-0.2, 0) is 19.1 Å². The Morgan fingerprint density at radius 3 is 2.42 bits per heavy atom. The van der Waals surface area contributed by atoms with Gasteiger partial charge in [-0.3, -0.25) is 4.79 Å². The Labute approximate surface area is 195 Å². The summed E-state index contributed by atoms with van der Waals surface area (Å²) in [6, 6.07) is 8.51. The van der Waals surface area contributed by atoms with E-state index in [0.29, 0.717) is 30.0 Å². The summed E-state index contributed by atoms with van der Waals surface area (Å²) in [4.78, 5) is 27.8. The number of esters is 1. The molecule has 33 heavy (non-hydrogen) atoms. The van der Waals surface area contributed by atoms with E-state index in [4.69, 9.17) is 9.47 Å². The van der Waals surface area contributed by atoms with E-state index in [1.54, 1.807) is 11.8 Å². The van der Waals surface area contributed by atoms with Gasteiger partial charge in [0, 0.05) is 29.4 Å². The molecule has 6 nitrogen and oxygen atoms in total. The van der Waals surface area contributed by atoms with E-state index < -0.39 is 5.97 Å². The van der Waals surface area contributed by atoms with Gasteiger partial charge in [-0.15, -0.1) is 0 Å². The molecular formula is C27H32N2O4. The maximum atomic E-state index is 13.4. The maximum Gasteiger partial charge on any atom is 0.340 e. The van der Waals surface area contributed by atoms with Gasteiger partial charge in [-0.1, -0.05) is 6.07 Å². The van der Waals surface area contributed by atoms with Crippen molar-refractivity contribution in [1.82, 2.24) is 9.47 Å². The molecule has 1 atom stereocenters. The van der Waals surface area contributed by atoms with Crippen LogP contribution >= 0.6 is 0 Å². The van der Waals surface area contributed by atoms with E-state index in [-0.39, 0.29) is 12.0 Å². The number of aromatic nitrogens is 1. The minimum atomic E-state index is -0.495. The second-order valence-corrected chi connectivity index (χ2v) is 9.07. The predicted octanol–water partition coefficient (Wildman–Crippen LogP) is 4.56. The van der Waals surface area contributed by atoms with Gasteiger partial charge in [0.1, 0.15) is 0 Å². The van der Waals surface area contributed by atoms with Crippen molar-refractivity contribution < 1.29 is 19.1 Å². The highest BCUT2D eigenvalue weighted by Crippen LogP contribution is 2.34. The molecule has 2 aliphatic rings. The number of ether oxygens (including phenoxy) is 2. The van der Waals surface area contributed by atoms with Crippen molar-refractivity contribution in [2.45, 2.75) is 53.6 Å². The van der Waals surface area contributed by atoms with Gasteiger partial charge in [-0.2, -0.15) is 0 Å². The molecule has 0 radical (unpaired) electrons. The van der Waals surface area contributed by atoms with Crippen LogP contribution in [0.15, 0.2) is 41.1 Å². The summed E-state index contributed by atoms with van der Waals surface area (Å²) in [6.45, 7) is 11.2. The Morgan fingerprint density at radius 2 is 1.82 bits per heavy atom. The second kappa shape index (κ2) is 9.02. The average molecular weight is 449 g/mol. The molecule has 1 aromatic carbocycles. The lowest BCUT2D eigenvalue weighted by Gasteiger charge is -2.21. The molecule has 0 saturated carbocycles. The molecule has 0 N–H and O–H groups in total. The van der Waals surface area contributed by atoms with Crippen LogP contribution in [0.25, 0.3) is 11.8 Å². The number of allylic oxidation sites excluding steroid dienone is 1. The van der Waals surface area contributed by atoms with Gasteiger partial charge in [-0.25, -0.2) is 4.79 Å². The normalized spacial score (nSPS) is 19.8. The average Bonchev–Trinajstić information content (AvgIpc) is 3.42. The largest absolute Gasteiger partial charge is 0.465 e.